The lowest BCUT2D eigenvalue weighted by molar-refractivity contribution is -0.115. The zero-order valence-electron chi connectivity index (χ0n) is 74.1. The molecular weight excluding hydrogens is 1620 g/mol. The lowest BCUT2D eigenvalue weighted by Crippen LogP contribution is -2.45. The van der Waals surface area contributed by atoms with Crippen LogP contribution in [0.15, 0.2) is 0 Å². The van der Waals surface area contributed by atoms with E-state index >= 15 is 0 Å². The maximum absolute atomic E-state index is 11.0. The van der Waals surface area contributed by atoms with Crippen molar-refractivity contribution in [1.82, 2.24) is 41.7 Å². The first-order valence-electron chi connectivity index (χ1n) is 39.7. The van der Waals surface area contributed by atoms with Gasteiger partial charge in [0.15, 0.2) is 0 Å². The second-order valence-corrected chi connectivity index (χ2v) is 53.7. The molecule has 0 aromatic carbocycles. The SMILES string of the molecule is CC(=O)CSCCC(CSCC(C)=O)NC(C)(C)C.CC(C)(C)NC(CS)CCS.CC(C)(C)NC(CS)CCS.CC(C)(C)NC1CCSSC1.CC(C)N1CCSSCC1.CC(C)N1CCSSCC1.CC(C)SCCC(CSC(C)C)NC(C)(C)C.CC(C)SCCC(CSC(C)C)NC(C)(C)C. The highest BCUT2D eigenvalue weighted by molar-refractivity contribution is 8.77. The van der Waals surface area contributed by atoms with Gasteiger partial charge in [-0.3, -0.25) is 19.4 Å². The summed E-state index contributed by atoms with van der Waals surface area (Å²) < 4.78 is 0. The van der Waals surface area contributed by atoms with Crippen molar-refractivity contribution in [2.75, 3.05) is 130 Å². The molecule has 3 fully saturated rings. The number of Topliss-reactive ketones (excluding diaryl/α,β-unsaturated/α-hetero) is 2. The number of nitrogens with one attached hydrogen (secondary N) is 6. The van der Waals surface area contributed by atoms with Crippen molar-refractivity contribution in [2.45, 2.75) is 363 Å². The second-order valence-electron chi connectivity index (χ2n) is 35.3. The minimum atomic E-state index is 0.0761. The predicted octanol–water partition coefficient (Wildman–Crippen LogP) is 22.3. The van der Waals surface area contributed by atoms with Gasteiger partial charge in [0.25, 0.3) is 0 Å². The Labute approximate surface area is 733 Å². The van der Waals surface area contributed by atoms with Crippen LogP contribution >= 0.6 is 186 Å². The molecule has 0 spiro atoms. The van der Waals surface area contributed by atoms with E-state index in [1.165, 1.54) is 103 Å². The fraction of sp³-hybridized carbons (Fsp3) is 0.975. The Balaban J connectivity index is -0.000000371. The van der Waals surface area contributed by atoms with Gasteiger partial charge in [0, 0.05) is 171 Å². The van der Waals surface area contributed by atoms with Crippen molar-refractivity contribution in [3.63, 3.8) is 0 Å². The lowest BCUT2D eigenvalue weighted by Gasteiger charge is -2.30. The van der Waals surface area contributed by atoms with Crippen molar-refractivity contribution < 1.29 is 9.59 Å². The van der Waals surface area contributed by atoms with Crippen molar-refractivity contribution in [3.05, 3.63) is 0 Å². The highest BCUT2D eigenvalue weighted by Crippen LogP contribution is 2.30. The quantitative estimate of drug-likeness (QED) is 0.0165. The monoisotopic (exact) mass is 1790 g/mol. The summed E-state index contributed by atoms with van der Waals surface area (Å²) in [5.41, 5.74) is 1.20. The van der Waals surface area contributed by atoms with Crippen molar-refractivity contribution in [1.29, 1.82) is 0 Å². The van der Waals surface area contributed by atoms with Crippen LogP contribution in [-0.4, -0.2) is 254 Å². The van der Waals surface area contributed by atoms with Crippen molar-refractivity contribution >= 4 is 197 Å². The molecule has 26 heteroatoms. The average molecular weight is 1790 g/mol. The largest absolute Gasteiger partial charge is 0.308 e. The summed E-state index contributed by atoms with van der Waals surface area (Å²) in [5.74, 6) is 19.9. The van der Waals surface area contributed by atoms with E-state index in [0.717, 1.165) is 92.9 Å². The van der Waals surface area contributed by atoms with E-state index in [1.807, 2.05) is 64.8 Å². The number of nitrogens with zero attached hydrogens (tertiary/aromatic N) is 2. The molecule has 0 radical (unpaired) electrons. The molecule has 3 aliphatic heterocycles. The van der Waals surface area contributed by atoms with E-state index in [9.17, 15) is 9.59 Å². The number of hydrogen-bond acceptors (Lipinski definition) is 26. The van der Waals surface area contributed by atoms with Crippen LogP contribution < -0.4 is 31.9 Å². The van der Waals surface area contributed by atoms with E-state index in [0.29, 0.717) is 41.7 Å². The van der Waals surface area contributed by atoms with E-state index in [-0.39, 0.29) is 44.8 Å². The summed E-state index contributed by atoms with van der Waals surface area (Å²) in [6.45, 7) is 75.4. The molecule has 3 saturated heterocycles. The molecule has 6 atom stereocenters. The summed E-state index contributed by atoms with van der Waals surface area (Å²) in [5, 5.41) is 24.6. The van der Waals surface area contributed by atoms with Gasteiger partial charge in [0.2, 0.25) is 0 Å². The normalized spacial score (nSPS) is 17.4. The molecule has 6 N–H and O–H groups in total. The van der Waals surface area contributed by atoms with E-state index in [2.05, 4.69) is 347 Å². The molecule has 6 unspecified atom stereocenters. The van der Waals surface area contributed by atoms with Gasteiger partial charge in [-0.1, -0.05) is 120 Å². The molecule has 3 heterocycles. The third-order valence-corrected chi connectivity index (χ3v) is 30.1. The fourth-order valence-electron chi connectivity index (χ4n) is 9.98. The molecule has 0 bridgehead atoms. The number of carbonyl (C=O) groups is 2. The van der Waals surface area contributed by atoms with Gasteiger partial charge >= 0.3 is 0 Å². The highest BCUT2D eigenvalue weighted by Gasteiger charge is 2.24. The molecular formula is C80H174N8O2S16. The number of rotatable bonds is 37. The first-order valence-corrected chi connectivity index (χ1v) is 56.2. The molecule has 0 aromatic heterocycles. The van der Waals surface area contributed by atoms with Gasteiger partial charge in [-0.25, -0.2) is 0 Å². The van der Waals surface area contributed by atoms with Crippen molar-refractivity contribution in [2.24, 2.45) is 0 Å². The zero-order chi connectivity index (χ0) is 82.8. The van der Waals surface area contributed by atoms with E-state index in [4.69, 9.17) is 0 Å². The Morgan fingerprint density at radius 2 is 0.670 bits per heavy atom. The molecule has 3 aliphatic rings. The third kappa shape index (κ3) is 97.5. The first kappa shape index (κ1) is 119. The van der Waals surface area contributed by atoms with Gasteiger partial charge in [0.1, 0.15) is 11.6 Å². The van der Waals surface area contributed by atoms with Gasteiger partial charge in [-0.05, 0) is 254 Å². The van der Waals surface area contributed by atoms with Crippen LogP contribution in [0.25, 0.3) is 0 Å². The predicted molar refractivity (Wildman–Crippen MR) is 538 cm³/mol. The van der Waals surface area contributed by atoms with Crippen LogP contribution in [0.3, 0.4) is 0 Å². The minimum Gasteiger partial charge on any atom is -0.308 e. The Morgan fingerprint density at radius 3 is 0.925 bits per heavy atom. The van der Waals surface area contributed by atoms with Gasteiger partial charge in [0.05, 0.1) is 11.5 Å². The summed E-state index contributed by atoms with van der Waals surface area (Å²) in [7, 11) is 12.0. The van der Waals surface area contributed by atoms with Crippen LogP contribution in [0.1, 0.15) is 260 Å². The Morgan fingerprint density at radius 1 is 0.377 bits per heavy atom. The summed E-state index contributed by atoms with van der Waals surface area (Å²) in [6.07, 6.45) is 7.09. The maximum atomic E-state index is 11.0. The molecule has 0 aromatic rings. The zero-order valence-corrected chi connectivity index (χ0v) is 87.5. The van der Waals surface area contributed by atoms with Crippen LogP contribution in [0.2, 0.25) is 0 Å². The van der Waals surface area contributed by atoms with Crippen molar-refractivity contribution in [3.8, 4) is 0 Å². The highest BCUT2D eigenvalue weighted by atomic mass is 33.1. The standard InChI is InChI=1S/C14H27NO2S2.2C14H31NS2.C8H17NS2.2C8H19NS2.2C7H15NS2/c1-11(16)8-18-7-6-13(15-14(3,4)5)10-19-9-12(2)17;2*1-11(2)16-9-8-13(10-17-12(3)4)15-14(5,6)7;1-8(2,3)9-7-4-5-10-11-6-7;2*1-8(2,3)9-7(6-11)4-5-10;2*1-7(2)8-3-5-9-10-6-4-8/h13,15H,6-10H2,1-5H3;2*11-13,15H,8-10H2,1-7H3;7,9H,4-6H2,1-3H3;2*7,9-11H,4-6H2,1-3H3;2*7H,3-6H2,1-2H3. The number of carbonyl (C=O) groups excluding carboxylic acids is 2. The van der Waals surface area contributed by atoms with Crippen LogP contribution in [0.4, 0.5) is 0 Å². The first-order chi connectivity index (χ1) is 48.8. The van der Waals surface area contributed by atoms with Gasteiger partial charge < -0.3 is 31.9 Å². The molecule has 10 nitrogen and oxygen atoms in total. The molecule has 106 heavy (non-hydrogen) atoms. The smallest absolute Gasteiger partial charge is 0.139 e. The summed E-state index contributed by atoms with van der Waals surface area (Å²) >= 11 is 28.6. The number of hydrogen-bond donors (Lipinski definition) is 10. The average Bonchev–Trinajstić information content (AvgIpc) is 1.33. The number of thiol groups is 4. The lowest BCUT2D eigenvalue weighted by atomic mass is 10.1. The third-order valence-electron chi connectivity index (χ3n) is 14.2. The maximum Gasteiger partial charge on any atom is 0.139 e. The topological polar surface area (TPSA) is 113 Å². The number of thioether (sulfide) groups is 6. The fourth-order valence-corrected chi connectivity index (χ4v) is 22.9. The summed E-state index contributed by atoms with van der Waals surface area (Å²) in [4.78, 5) is 26.9. The molecule has 642 valence electrons. The van der Waals surface area contributed by atoms with Crippen LogP contribution in [0, 0.1) is 0 Å². The second kappa shape index (κ2) is 71.4. The van der Waals surface area contributed by atoms with Crippen LogP contribution in [-0.2, 0) is 9.59 Å². The Bertz CT molecular complexity index is 1830. The van der Waals surface area contributed by atoms with E-state index in [1.54, 1.807) is 37.4 Å². The number of ketones is 2. The molecule has 0 saturated carbocycles. The Hall–Kier alpha value is 4.62. The van der Waals surface area contributed by atoms with Gasteiger partial charge in [-0.15, -0.1) is 0 Å². The molecule has 3 rings (SSSR count). The molecule has 0 aliphatic carbocycles. The van der Waals surface area contributed by atoms with Crippen LogP contribution in [0.5, 0.6) is 0 Å². The van der Waals surface area contributed by atoms with E-state index < -0.39 is 0 Å². The minimum absolute atomic E-state index is 0.0761. The molecule has 0 amide bonds. The van der Waals surface area contributed by atoms with Gasteiger partial charge in [-0.2, -0.15) is 121 Å². The Kier molecular flexibility index (Phi) is 80.2. The summed E-state index contributed by atoms with van der Waals surface area (Å²) in [6, 6.07) is 4.89.